The van der Waals surface area contributed by atoms with Crippen molar-refractivity contribution in [2.45, 2.75) is 25.0 Å². The second-order valence-corrected chi connectivity index (χ2v) is 5.49. The zero-order valence-electron chi connectivity index (χ0n) is 15.0. The number of aliphatic imine (C=N–C) groups is 1. The van der Waals surface area contributed by atoms with Crippen molar-refractivity contribution in [3.8, 4) is 0 Å². The van der Waals surface area contributed by atoms with Crippen molar-refractivity contribution in [3.63, 3.8) is 0 Å². The van der Waals surface area contributed by atoms with Gasteiger partial charge in [-0.05, 0) is 31.0 Å². The van der Waals surface area contributed by atoms with Gasteiger partial charge in [0.15, 0.2) is 0 Å². The second-order valence-electron chi connectivity index (χ2n) is 4.66. The predicted octanol–water partition coefficient (Wildman–Crippen LogP) is 6.30. The lowest BCUT2D eigenvalue weighted by Crippen LogP contribution is -2.11. The van der Waals surface area contributed by atoms with Crippen LogP contribution in [0.5, 0.6) is 0 Å². The van der Waals surface area contributed by atoms with Gasteiger partial charge in [-0.3, -0.25) is 0 Å². The molecule has 0 saturated heterocycles. The normalized spacial score (nSPS) is 11.7. The summed E-state index contributed by atoms with van der Waals surface area (Å²) < 4.78 is 69.0. The van der Waals surface area contributed by atoms with Crippen molar-refractivity contribution in [1.82, 2.24) is 9.97 Å². The van der Waals surface area contributed by atoms with E-state index in [0.717, 1.165) is 36.2 Å². The fourth-order valence-corrected chi connectivity index (χ4v) is 2.47. The van der Waals surface area contributed by atoms with E-state index in [1.165, 1.54) is 12.1 Å². The molecular formula is C18H17F5N4S. The zero-order valence-corrected chi connectivity index (χ0v) is 15.8. The van der Waals surface area contributed by atoms with Crippen LogP contribution in [0, 0.1) is 5.95 Å². The zero-order chi connectivity index (χ0) is 21.3. The molecule has 10 heteroatoms. The highest BCUT2D eigenvalue weighted by Crippen LogP contribution is 2.36. The molecule has 1 N–H and O–H groups in total. The van der Waals surface area contributed by atoms with E-state index >= 15 is 0 Å². The summed E-state index contributed by atoms with van der Waals surface area (Å²) in [4.78, 5) is 10.4. The Labute approximate surface area is 163 Å². The van der Waals surface area contributed by atoms with Gasteiger partial charge in [0.2, 0.25) is 11.9 Å². The summed E-state index contributed by atoms with van der Waals surface area (Å²) in [5.41, 5.74) is -2.41. The van der Waals surface area contributed by atoms with Crippen molar-refractivity contribution in [2.24, 2.45) is 4.99 Å². The number of hydrogen-bond donors (Lipinski definition) is 1. The Morgan fingerprint density at radius 1 is 1.18 bits per heavy atom. The van der Waals surface area contributed by atoms with Gasteiger partial charge >= 0.3 is 6.18 Å². The molecule has 4 nitrogen and oxygen atoms in total. The van der Waals surface area contributed by atoms with Crippen LogP contribution in [-0.2, 0) is 6.18 Å². The maximum atomic E-state index is 13.8. The molecule has 0 aliphatic carbocycles. The molecule has 150 valence electrons. The topological polar surface area (TPSA) is 50.2 Å². The minimum absolute atomic E-state index is 0.0275. The molecule has 2 aromatic heterocycles. The lowest BCUT2D eigenvalue weighted by molar-refractivity contribution is -0.138. The summed E-state index contributed by atoms with van der Waals surface area (Å²) in [5.74, 6) is -1.98. The lowest BCUT2D eigenvalue weighted by Gasteiger charge is -2.14. The van der Waals surface area contributed by atoms with Gasteiger partial charge in [-0.15, -0.1) is 0 Å². The van der Waals surface area contributed by atoms with Gasteiger partial charge < -0.3 is 4.72 Å². The van der Waals surface area contributed by atoms with E-state index in [9.17, 15) is 22.0 Å². The molecule has 2 aromatic rings. The molecule has 2 rings (SSSR count). The number of halogens is 5. The van der Waals surface area contributed by atoms with E-state index < -0.39 is 34.9 Å². The van der Waals surface area contributed by atoms with Crippen LogP contribution < -0.4 is 4.72 Å². The average Bonchev–Trinajstić information content (AvgIpc) is 2.67. The molecule has 0 fully saturated rings. The number of alkyl halides is 3. The number of pyridine rings is 2. The Bertz CT molecular complexity index is 865. The smallest absolute Gasteiger partial charge is 0.309 e. The first-order valence-electron chi connectivity index (χ1n) is 7.89. The van der Waals surface area contributed by atoms with Crippen molar-refractivity contribution in [3.05, 3.63) is 66.1 Å². The molecule has 2 heterocycles. The summed E-state index contributed by atoms with van der Waals surface area (Å²) in [5, 5.41) is 0.228. The highest BCUT2D eigenvalue weighted by molar-refractivity contribution is 8.00. The Hall–Kier alpha value is -2.75. The van der Waals surface area contributed by atoms with E-state index in [2.05, 4.69) is 33.0 Å². The number of aromatic nitrogens is 2. The third kappa shape index (κ3) is 6.15. The van der Waals surface area contributed by atoms with Crippen LogP contribution in [0.1, 0.15) is 25.1 Å². The standard InChI is InChI=1S/C16H11F5N4S.C2H6/c1-3-9(15(18)22-2)14-10(16(19,20)21)7-8-12(24-14)25-26-13-6-4-5-11(17)23-13;1-2/h3-8H,1-2H2,(H,24,25);1-2H3/b15-9+;. The highest BCUT2D eigenvalue weighted by Gasteiger charge is 2.35. The van der Waals surface area contributed by atoms with Crippen LogP contribution in [0.25, 0.3) is 5.57 Å². The maximum absolute atomic E-state index is 13.8. The molecule has 0 aromatic carbocycles. The predicted molar refractivity (Wildman–Crippen MR) is 102 cm³/mol. The van der Waals surface area contributed by atoms with E-state index in [-0.39, 0.29) is 10.8 Å². The van der Waals surface area contributed by atoms with E-state index in [1.54, 1.807) is 0 Å². The first-order valence-corrected chi connectivity index (χ1v) is 8.71. The summed E-state index contributed by atoms with van der Waals surface area (Å²) in [7, 11) is 0. The van der Waals surface area contributed by atoms with Crippen LogP contribution in [-0.4, -0.2) is 16.7 Å². The molecule has 0 atom stereocenters. The van der Waals surface area contributed by atoms with Gasteiger partial charge in [-0.1, -0.05) is 32.6 Å². The summed E-state index contributed by atoms with van der Waals surface area (Å²) in [6, 6.07) is 5.84. The molecule has 0 amide bonds. The van der Waals surface area contributed by atoms with E-state index in [4.69, 9.17) is 0 Å². The van der Waals surface area contributed by atoms with Gasteiger partial charge in [0.05, 0.1) is 16.8 Å². The van der Waals surface area contributed by atoms with Gasteiger partial charge in [-0.25, -0.2) is 15.0 Å². The van der Waals surface area contributed by atoms with Crippen LogP contribution in [0.2, 0.25) is 0 Å². The summed E-state index contributed by atoms with van der Waals surface area (Å²) in [6.07, 6.45) is -3.90. The van der Waals surface area contributed by atoms with Crippen LogP contribution in [0.4, 0.5) is 27.8 Å². The molecule has 0 unspecified atom stereocenters. The molecule has 0 saturated carbocycles. The summed E-state index contributed by atoms with van der Waals surface area (Å²) in [6.45, 7) is 10.2. The molecular weight excluding hydrogens is 399 g/mol. The third-order valence-electron chi connectivity index (χ3n) is 2.97. The molecule has 0 aliphatic rings. The van der Waals surface area contributed by atoms with E-state index in [1.807, 2.05) is 13.8 Å². The molecule has 0 aliphatic heterocycles. The Balaban J connectivity index is 0.00000190. The molecule has 28 heavy (non-hydrogen) atoms. The molecule has 0 bridgehead atoms. The molecule has 0 spiro atoms. The van der Waals surface area contributed by atoms with Crippen molar-refractivity contribution < 1.29 is 22.0 Å². The second kappa shape index (κ2) is 10.5. The Kier molecular flexibility index (Phi) is 8.77. The number of anilines is 1. The van der Waals surface area contributed by atoms with Crippen molar-refractivity contribution >= 4 is 30.1 Å². The number of hydrogen-bond acceptors (Lipinski definition) is 5. The van der Waals surface area contributed by atoms with Crippen molar-refractivity contribution in [2.75, 3.05) is 4.72 Å². The Morgan fingerprint density at radius 3 is 2.39 bits per heavy atom. The first kappa shape index (κ1) is 23.3. The van der Waals surface area contributed by atoms with Gasteiger partial charge in [0.1, 0.15) is 10.8 Å². The van der Waals surface area contributed by atoms with Crippen molar-refractivity contribution in [1.29, 1.82) is 0 Å². The largest absolute Gasteiger partial charge is 0.418 e. The maximum Gasteiger partial charge on any atom is 0.418 e. The van der Waals surface area contributed by atoms with Crippen LogP contribution in [0.3, 0.4) is 0 Å². The molecule has 0 radical (unpaired) electrons. The quantitative estimate of drug-likeness (QED) is 0.150. The van der Waals surface area contributed by atoms with Gasteiger partial charge in [-0.2, -0.15) is 22.0 Å². The number of nitrogens with zero attached hydrogens (tertiary/aromatic N) is 3. The average molecular weight is 416 g/mol. The first-order chi connectivity index (χ1) is 13.3. The minimum atomic E-state index is -4.77. The number of allylic oxidation sites excluding steroid dienone is 2. The van der Waals surface area contributed by atoms with E-state index in [0.29, 0.717) is 0 Å². The highest BCUT2D eigenvalue weighted by atomic mass is 32.2. The fourth-order valence-electron chi connectivity index (χ4n) is 1.86. The van der Waals surface area contributed by atoms with Gasteiger partial charge in [0.25, 0.3) is 0 Å². The third-order valence-corrected chi connectivity index (χ3v) is 3.72. The van der Waals surface area contributed by atoms with Gasteiger partial charge in [0, 0.05) is 11.9 Å². The number of nitrogens with one attached hydrogen (secondary N) is 1. The Morgan fingerprint density at radius 2 is 1.86 bits per heavy atom. The monoisotopic (exact) mass is 416 g/mol. The minimum Gasteiger partial charge on any atom is -0.309 e. The summed E-state index contributed by atoms with van der Waals surface area (Å²) >= 11 is 0.827. The SMILES string of the molecule is C=C/C(=C(/F)N=C)c1nc(NSc2cccc(F)n2)ccc1C(F)(F)F.CC. The lowest BCUT2D eigenvalue weighted by atomic mass is 10.1. The van der Waals surface area contributed by atoms with Crippen LogP contribution >= 0.6 is 11.9 Å². The van der Waals surface area contributed by atoms with Crippen LogP contribution in [0.15, 0.2) is 59.0 Å². The fraction of sp³-hybridized carbons (Fsp3) is 0.167. The number of rotatable bonds is 6.